The third-order valence-electron chi connectivity index (χ3n) is 5.12. The molecule has 0 saturated carbocycles. The molecule has 4 aromatic rings. The van der Waals surface area contributed by atoms with Gasteiger partial charge in [-0.25, -0.2) is 4.98 Å². The van der Waals surface area contributed by atoms with E-state index in [0.29, 0.717) is 33.2 Å². The van der Waals surface area contributed by atoms with E-state index in [2.05, 4.69) is 26.2 Å². The van der Waals surface area contributed by atoms with E-state index in [1.807, 2.05) is 12.1 Å². The van der Waals surface area contributed by atoms with Crippen LogP contribution in [0.3, 0.4) is 0 Å². The van der Waals surface area contributed by atoms with Gasteiger partial charge in [0.1, 0.15) is 5.82 Å². The van der Waals surface area contributed by atoms with Crippen molar-refractivity contribution in [3.8, 4) is 11.5 Å². The summed E-state index contributed by atoms with van der Waals surface area (Å²) in [6, 6.07) is 18.7. The van der Waals surface area contributed by atoms with Crippen LogP contribution < -0.4 is 10.9 Å². The van der Waals surface area contributed by atoms with E-state index in [4.69, 9.17) is 0 Å². The number of nitrogens with one attached hydrogen (secondary N) is 1. The third kappa shape index (κ3) is 4.50. The maximum atomic E-state index is 13.3. The van der Waals surface area contributed by atoms with Crippen LogP contribution in [-0.4, -0.2) is 25.7 Å². The van der Waals surface area contributed by atoms with Crippen LogP contribution in [0.15, 0.2) is 76.0 Å². The van der Waals surface area contributed by atoms with Crippen LogP contribution in [0, 0.1) is 0 Å². The molecule has 0 radical (unpaired) electrons. The molecule has 7 nitrogen and oxygen atoms in total. The number of aryl methyl sites for hydroxylation is 1. The Bertz CT molecular complexity index is 1350. The first kappa shape index (κ1) is 21.6. The zero-order valence-corrected chi connectivity index (χ0v) is 18.5. The monoisotopic (exact) mass is 493 g/mol. The van der Waals surface area contributed by atoms with Gasteiger partial charge in [-0.15, -0.1) is 0 Å². The lowest BCUT2D eigenvalue weighted by atomic mass is 10.1. The van der Waals surface area contributed by atoms with E-state index in [0.717, 1.165) is 5.56 Å². The average molecular weight is 494 g/mol. The Labute approximate surface area is 192 Å². The van der Waals surface area contributed by atoms with Crippen molar-refractivity contribution < 1.29 is 15.0 Å². The number of carbonyl (C=O) groups is 1. The number of benzene rings is 3. The average Bonchev–Trinajstić information content (AvgIpc) is 2.80. The maximum Gasteiger partial charge on any atom is 0.261 e. The lowest BCUT2D eigenvalue weighted by Crippen LogP contribution is -2.31. The smallest absolute Gasteiger partial charge is 0.261 e. The predicted octanol–water partition coefficient (Wildman–Crippen LogP) is 3.74. The number of aromatic nitrogens is 2. The summed E-state index contributed by atoms with van der Waals surface area (Å²) in [5.74, 6) is -0.262. The van der Waals surface area contributed by atoms with Crippen LogP contribution in [0.1, 0.15) is 21.7 Å². The highest BCUT2D eigenvalue weighted by atomic mass is 79.9. The van der Waals surface area contributed by atoms with Crippen molar-refractivity contribution in [3.05, 3.63) is 98.5 Å². The normalized spacial score (nSPS) is 10.9. The number of hydrogen-bond acceptors (Lipinski definition) is 5. The van der Waals surface area contributed by atoms with E-state index < -0.39 is 0 Å². The van der Waals surface area contributed by atoms with Gasteiger partial charge in [0.15, 0.2) is 11.5 Å². The second kappa shape index (κ2) is 9.23. The first-order valence-electron chi connectivity index (χ1n) is 9.96. The number of carbonyl (C=O) groups excluding carboxylic acids is 1. The molecule has 0 bridgehead atoms. The molecule has 1 amide bonds. The van der Waals surface area contributed by atoms with Crippen molar-refractivity contribution in [3.63, 3.8) is 0 Å². The van der Waals surface area contributed by atoms with Gasteiger partial charge in [-0.2, -0.15) is 0 Å². The number of amides is 1. The molecule has 0 aliphatic carbocycles. The number of fused-ring (bicyclic) bond motifs is 1. The third-order valence-corrected chi connectivity index (χ3v) is 5.76. The lowest BCUT2D eigenvalue weighted by molar-refractivity contribution is 0.0949. The zero-order valence-electron chi connectivity index (χ0n) is 17.0. The summed E-state index contributed by atoms with van der Waals surface area (Å²) in [6.45, 7) is 0.357. The summed E-state index contributed by atoms with van der Waals surface area (Å²) < 4.78 is 2.22. The molecular weight excluding hydrogens is 474 g/mol. The van der Waals surface area contributed by atoms with Crippen LogP contribution in [0.2, 0.25) is 0 Å². The molecule has 0 aliphatic rings. The predicted molar refractivity (Wildman–Crippen MR) is 125 cm³/mol. The van der Waals surface area contributed by atoms with Crippen LogP contribution in [0.25, 0.3) is 10.9 Å². The first-order valence-corrected chi connectivity index (χ1v) is 10.8. The second-order valence-electron chi connectivity index (χ2n) is 7.24. The van der Waals surface area contributed by atoms with Crippen LogP contribution in [0.4, 0.5) is 0 Å². The van der Waals surface area contributed by atoms with Crippen molar-refractivity contribution in [2.24, 2.45) is 0 Å². The molecule has 4 rings (SSSR count). The Balaban J connectivity index is 1.67. The number of para-hydroxylation sites is 1. The van der Waals surface area contributed by atoms with Crippen molar-refractivity contribution in [2.75, 3.05) is 0 Å². The fourth-order valence-corrected chi connectivity index (χ4v) is 3.89. The number of hydrogen-bond donors (Lipinski definition) is 3. The number of phenolic OH excluding ortho intramolecular Hbond substituents is 2. The van der Waals surface area contributed by atoms with Crippen molar-refractivity contribution in [1.82, 2.24) is 14.9 Å². The van der Waals surface area contributed by atoms with E-state index >= 15 is 0 Å². The molecule has 1 aromatic heterocycles. The summed E-state index contributed by atoms with van der Waals surface area (Å²) in [5, 5.41) is 22.6. The first-order chi connectivity index (χ1) is 15.4. The molecule has 0 fully saturated rings. The highest BCUT2D eigenvalue weighted by Crippen LogP contribution is 2.25. The second-order valence-corrected chi connectivity index (χ2v) is 8.10. The van der Waals surface area contributed by atoms with Crippen LogP contribution in [-0.2, 0) is 19.5 Å². The van der Waals surface area contributed by atoms with Gasteiger partial charge in [-0.05, 0) is 64.3 Å². The highest BCUT2D eigenvalue weighted by Gasteiger charge is 2.15. The van der Waals surface area contributed by atoms with Crippen molar-refractivity contribution in [1.29, 1.82) is 0 Å². The number of halogens is 1. The molecule has 3 aromatic carbocycles. The SMILES string of the molecule is O=C(NCc1nc2c(Br)cccc2c(=O)n1CCc1ccc(O)c(O)c1)c1ccccc1. The summed E-state index contributed by atoms with van der Waals surface area (Å²) >= 11 is 3.45. The van der Waals surface area contributed by atoms with Gasteiger partial charge in [-0.3, -0.25) is 14.2 Å². The highest BCUT2D eigenvalue weighted by molar-refractivity contribution is 9.10. The van der Waals surface area contributed by atoms with Crippen molar-refractivity contribution >= 4 is 32.7 Å². The Morgan fingerprint density at radius 2 is 1.78 bits per heavy atom. The number of rotatable bonds is 6. The lowest BCUT2D eigenvalue weighted by Gasteiger charge is -2.15. The number of phenols is 2. The fourth-order valence-electron chi connectivity index (χ4n) is 3.44. The minimum Gasteiger partial charge on any atom is -0.504 e. The van der Waals surface area contributed by atoms with Gasteiger partial charge >= 0.3 is 0 Å². The van der Waals surface area contributed by atoms with Gasteiger partial charge in [0.25, 0.3) is 11.5 Å². The summed E-state index contributed by atoms with van der Waals surface area (Å²) in [6.07, 6.45) is 0.425. The number of aromatic hydroxyl groups is 2. The van der Waals surface area contributed by atoms with E-state index in [9.17, 15) is 19.8 Å². The van der Waals surface area contributed by atoms with E-state index in [1.54, 1.807) is 42.5 Å². The van der Waals surface area contributed by atoms with Gasteiger partial charge < -0.3 is 15.5 Å². The molecule has 0 atom stereocenters. The van der Waals surface area contributed by atoms with Gasteiger partial charge in [-0.1, -0.05) is 30.3 Å². The minimum absolute atomic E-state index is 0.0705. The number of nitrogens with zero attached hydrogens (tertiary/aromatic N) is 2. The maximum absolute atomic E-state index is 13.3. The van der Waals surface area contributed by atoms with E-state index in [1.165, 1.54) is 16.7 Å². The minimum atomic E-state index is -0.262. The van der Waals surface area contributed by atoms with Gasteiger partial charge in [0, 0.05) is 16.6 Å². The topological polar surface area (TPSA) is 104 Å². The van der Waals surface area contributed by atoms with Crippen molar-refractivity contribution in [2.45, 2.75) is 19.5 Å². The molecule has 1 heterocycles. The summed E-state index contributed by atoms with van der Waals surface area (Å²) in [7, 11) is 0. The Hall–Kier alpha value is -3.65. The molecule has 0 spiro atoms. The van der Waals surface area contributed by atoms with Crippen LogP contribution >= 0.6 is 15.9 Å². The van der Waals surface area contributed by atoms with Gasteiger partial charge in [0.05, 0.1) is 17.4 Å². The zero-order chi connectivity index (χ0) is 22.7. The Kier molecular flexibility index (Phi) is 6.23. The Morgan fingerprint density at radius 3 is 2.53 bits per heavy atom. The molecule has 0 saturated heterocycles. The fraction of sp³-hybridized carbons (Fsp3) is 0.125. The summed E-state index contributed by atoms with van der Waals surface area (Å²) in [5.41, 5.74) is 1.58. The van der Waals surface area contributed by atoms with Gasteiger partial charge in [0.2, 0.25) is 0 Å². The molecule has 0 aliphatic heterocycles. The quantitative estimate of drug-likeness (QED) is 0.355. The molecular formula is C24H20BrN3O4. The van der Waals surface area contributed by atoms with E-state index in [-0.39, 0.29) is 36.1 Å². The Morgan fingerprint density at radius 1 is 1.00 bits per heavy atom. The molecule has 3 N–H and O–H groups in total. The standard InChI is InChI=1S/C24H20BrN3O4/c25-18-8-4-7-17-22(18)27-21(14-26-23(31)16-5-2-1-3-6-16)28(24(17)32)12-11-15-9-10-19(29)20(30)13-15/h1-10,13,29-30H,11-12,14H2,(H,26,31). The summed E-state index contributed by atoms with van der Waals surface area (Å²) in [4.78, 5) is 30.4. The molecule has 8 heteroatoms. The molecule has 0 unspecified atom stereocenters. The molecule has 162 valence electrons. The largest absolute Gasteiger partial charge is 0.504 e. The van der Waals surface area contributed by atoms with Crippen LogP contribution in [0.5, 0.6) is 11.5 Å². The molecule has 32 heavy (non-hydrogen) atoms.